The molecule has 0 bridgehead atoms. The minimum atomic E-state index is 0.676. The lowest BCUT2D eigenvalue weighted by molar-refractivity contribution is 0.454. The molecule has 2 heterocycles. The Morgan fingerprint density at radius 3 is 3.00 bits per heavy atom. The van der Waals surface area contributed by atoms with Gasteiger partial charge in [0.05, 0.1) is 0 Å². The van der Waals surface area contributed by atoms with Crippen LogP contribution in [0, 0.1) is 6.92 Å². The van der Waals surface area contributed by atoms with Crippen molar-refractivity contribution in [3.8, 4) is 11.6 Å². The Labute approximate surface area is 115 Å². The van der Waals surface area contributed by atoms with Crippen LogP contribution in [0.2, 0.25) is 0 Å². The molecule has 0 saturated heterocycles. The van der Waals surface area contributed by atoms with Crippen molar-refractivity contribution in [3.05, 3.63) is 47.1 Å². The number of aryl methyl sites for hydroxylation is 1. The van der Waals surface area contributed by atoms with Gasteiger partial charge < -0.3 is 10.1 Å². The second-order valence-corrected chi connectivity index (χ2v) is 5.19. The van der Waals surface area contributed by atoms with Crippen LogP contribution in [0.25, 0.3) is 4.96 Å². The van der Waals surface area contributed by atoms with Gasteiger partial charge in [0, 0.05) is 18.1 Å². The summed E-state index contributed by atoms with van der Waals surface area (Å²) in [6.45, 7) is 2.75. The molecule has 0 unspecified atom stereocenters. The van der Waals surface area contributed by atoms with Crippen molar-refractivity contribution < 1.29 is 4.74 Å². The van der Waals surface area contributed by atoms with E-state index in [-0.39, 0.29) is 0 Å². The molecule has 98 valence electrons. The summed E-state index contributed by atoms with van der Waals surface area (Å²) in [5.74, 6) is 1.53. The van der Waals surface area contributed by atoms with E-state index in [1.165, 1.54) is 0 Å². The predicted molar refractivity (Wildman–Crippen MR) is 77.1 cm³/mol. The van der Waals surface area contributed by atoms with Gasteiger partial charge in [-0.1, -0.05) is 18.2 Å². The Morgan fingerprint density at radius 1 is 1.37 bits per heavy atom. The molecule has 2 aromatic heterocycles. The molecule has 0 atom stereocenters. The van der Waals surface area contributed by atoms with Crippen LogP contribution in [-0.4, -0.2) is 16.4 Å². The molecule has 0 aliphatic rings. The molecule has 3 rings (SSSR count). The zero-order chi connectivity index (χ0) is 13.2. The second-order valence-electron chi connectivity index (χ2n) is 4.32. The van der Waals surface area contributed by atoms with Crippen LogP contribution in [0.15, 0.2) is 35.8 Å². The van der Waals surface area contributed by atoms with Gasteiger partial charge in [-0.15, -0.1) is 11.3 Å². The lowest BCUT2D eigenvalue weighted by atomic mass is 10.2. The van der Waals surface area contributed by atoms with Crippen LogP contribution in [-0.2, 0) is 6.54 Å². The number of ether oxygens (including phenoxy) is 1. The summed E-state index contributed by atoms with van der Waals surface area (Å²) in [4.78, 5) is 5.50. The number of nitrogens with zero attached hydrogens (tertiary/aromatic N) is 2. The largest absolute Gasteiger partial charge is 0.437 e. The van der Waals surface area contributed by atoms with Crippen molar-refractivity contribution in [2.24, 2.45) is 0 Å². The Bertz CT molecular complexity index is 702. The van der Waals surface area contributed by atoms with E-state index >= 15 is 0 Å². The first-order chi connectivity index (χ1) is 9.29. The maximum absolute atomic E-state index is 5.97. The Balaban J connectivity index is 2.02. The van der Waals surface area contributed by atoms with E-state index in [1.54, 1.807) is 11.3 Å². The van der Waals surface area contributed by atoms with Gasteiger partial charge in [0.15, 0.2) is 4.96 Å². The molecular formula is C14H15N3OS. The quantitative estimate of drug-likeness (QED) is 0.793. The highest BCUT2D eigenvalue weighted by atomic mass is 32.1. The average molecular weight is 273 g/mol. The smallest absolute Gasteiger partial charge is 0.243 e. The van der Waals surface area contributed by atoms with E-state index < -0.39 is 0 Å². The maximum atomic E-state index is 5.97. The van der Waals surface area contributed by atoms with Gasteiger partial charge in [-0.2, -0.15) is 4.98 Å². The van der Waals surface area contributed by atoms with Crippen molar-refractivity contribution in [3.63, 3.8) is 0 Å². The van der Waals surface area contributed by atoms with Crippen molar-refractivity contribution in [2.75, 3.05) is 7.05 Å². The number of nitrogens with one attached hydrogen (secondary N) is 1. The lowest BCUT2D eigenvalue weighted by Crippen LogP contribution is -2.08. The summed E-state index contributed by atoms with van der Waals surface area (Å²) in [7, 11) is 1.92. The third-order valence-electron chi connectivity index (χ3n) is 2.97. The van der Waals surface area contributed by atoms with Gasteiger partial charge in [-0.05, 0) is 25.6 Å². The van der Waals surface area contributed by atoms with Gasteiger partial charge in [0.2, 0.25) is 5.88 Å². The molecule has 1 aromatic carbocycles. The molecule has 0 amide bonds. The summed E-state index contributed by atoms with van der Waals surface area (Å²) < 4.78 is 8.04. The molecule has 1 N–H and O–H groups in total. The number of fused-ring (bicyclic) bond motifs is 1. The van der Waals surface area contributed by atoms with Gasteiger partial charge in [-0.25, -0.2) is 0 Å². The van der Waals surface area contributed by atoms with E-state index in [2.05, 4.69) is 14.7 Å². The van der Waals surface area contributed by atoms with E-state index in [0.29, 0.717) is 5.88 Å². The molecule has 4 nitrogen and oxygen atoms in total. The van der Waals surface area contributed by atoms with Crippen LogP contribution < -0.4 is 10.1 Å². The highest BCUT2D eigenvalue weighted by Gasteiger charge is 2.15. The number of rotatable bonds is 4. The standard InChI is InChI=1S/C14H15N3OS/c1-10-5-3-4-6-12(10)18-13-11(9-15-2)17-7-8-19-14(17)16-13/h3-8,15H,9H2,1-2H3. The van der Waals surface area contributed by atoms with Gasteiger partial charge in [-0.3, -0.25) is 4.40 Å². The summed E-state index contributed by atoms with van der Waals surface area (Å²) >= 11 is 1.61. The van der Waals surface area contributed by atoms with Crippen molar-refractivity contribution in [1.82, 2.24) is 14.7 Å². The van der Waals surface area contributed by atoms with Gasteiger partial charge in [0.1, 0.15) is 11.4 Å². The molecule has 5 heteroatoms. The monoisotopic (exact) mass is 273 g/mol. The Kier molecular flexibility index (Phi) is 3.23. The van der Waals surface area contributed by atoms with Crippen molar-refractivity contribution >= 4 is 16.3 Å². The average Bonchev–Trinajstić information content (AvgIpc) is 2.96. The van der Waals surface area contributed by atoms with Gasteiger partial charge >= 0.3 is 0 Å². The first kappa shape index (κ1) is 12.2. The van der Waals surface area contributed by atoms with Crippen molar-refractivity contribution in [1.29, 1.82) is 0 Å². The normalized spacial score (nSPS) is 11.1. The zero-order valence-corrected chi connectivity index (χ0v) is 11.7. The fraction of sp³-hybridized carbons (Fsp3) is 0.214. The number of benzene rings is 1. The minimum absolute atomic E-state index is 0.676. The van der Waals surface area contributed by atoms with Crippen LogP contribution in [0.5, 0.6) is 11.6 Å². The first-order valence-corrected chi connectivity index (χ1v) is 7.00. The molecule has 0 fully saturated rings. The third-order valence-corrected chi connectivity index (χ3v) is 3.73. The molecule has 0 aliphatic heterocycles. The number of para-hydroxylation sites is 1. The number of imidazole rings is 1. The van der Waals surface area contributed by atoms with Crippen molar-refractivity contribution in [2.45, 2.75) is 13.5 Å². The summed E-state index contributed by atoms with van der Waals surface area (Å²) in [5, 5.41) is 5.18. The second kappa shape index (κ2) is 5.03. The molecule has 0 saturated carbocycles. The number of hydrogen-bond donors (Lipinski definition) is 1. The molecular weight excluding hydrogens is 258 g/mol. The Hall–Kier alpha value is -1.85. The van der Waals surface area contributed by atoms with Crippen LogP contribution in [0.4, 0.5) is 0 Å². The van der Waals surface area contributed by atoms with Crippen LogP contribution in [0.3, 0.4) is 0 Å². The number of thiazole rings is 1. The molecule has 0 aliphatic carbocycles. The van der Waals surface area contributed by atoms with Crippen LogP contribution >= 0.6 is 11.3 Å². The van der Waals surface area contributed by atoms with E-state index in [9.17, 15) is 0 Å². The van der Waals surface area contributed by atoms with Crippen LogP contribution in [0.1, 0.15) is 11.3 Å². The summed E-state index contributed by atoms with van der Waals surface area (Å²) in [6, 6.07) is 7.97. The zero-order valence-electron chi connectivity index (χ0n) is 10.9. The fourth-order valence-electron chi connectivity index (χ4n) is 2.00. The summed E-state index contributed by atoms with van der Waals surface area (Å²) in [5.41, 5.74) is 2.15. The topological polar surface area (TPSA) is 38.6 Å². The highest BCUT2D eigenvalue weighted by Crippen LogP contribution is 2.29. The number of hydrogen-bond acceptors (Lipinski definition) is 4. The molecule has 0 radical (unpaired) electrons. The number of aromatic nitrogens is 2. The maximum Gasteiger partial charge on any atom is 0.243 e. The molecule has 3 aromatic rings. The SMILES string of the molecule is CNCc1c(Oc2ccccc2C)nc2sccn12. The summed E-state index contributed by atoms with van der Waals surface area (Å²) in [6.07, 6.45) is 2.02. The van der Waals surface area contributed by atoms with Gasteiger partial charge in [0.25, 0.3) is 0 Å². The Morgan fingerprint density at radius 2 is 2.21 bits per heavy atom. The van der Waals surface area contributed by atoms with E-state index in [1.807, 2.05) is 49.8 Å². The molecule has 19 heavy (non-hydrogen) atoms. The predicted octanol–water partition coefficient (Wildman–Crippen LogP) is 3.22. The fourth-order valence-corrected chi connectivity index (χ4v) is 2.72. The third kappa shape index (κ3) is 2.22. The highest BCUT2D eigenvalue weighted by molar-refractivity contribution is 7.15. The van der Waals surface area contributed by atoms with E-state index in [4.69, 9.17) is 4.74 Å². The minimum Gasteiger partial charge on any atom is -0.437 e. The van der Waals surface area contributed by atoms with E-state index in [0.717, 1.165) is 28.5 Å². The lowest BCUT2D eigenvalue weighted by Gasteiger charge is -2.08. The molecule has 0 spiro atoms. The first-order valence-electron chi connectivity index (χ1n) is 6.12.